The van der Waals surface area contributed by atoms with E-state index in [1.54, 1.807) is 0 Å². The topological polar surface area (TPSA) is 58.4 Å². The third kappa shape index (κ3) is 2.37. The van der Waals surface area contributed by atoms with Gasteiger partial charge in [0.15, 0.2) is 0 Å². The third-order valence-corrected chi connectivity index (χ3v) is 6.19. The maximum atomic E-state index is 11.8. The minimum atomic E-state index is -0.452. The maximum Gasteiger partial charge on any atom is 0.237 e. The van der Waals surface area contributed by atoms with Crippen molar-refractivity contribution in [2.45, 2.75) is 75.4 Å². The number of likely N-dealkylation sites (N-methyl/N-ethyl adjacent to an activating group) is 1. The van der Waals surface area contributed by atoms with Gasteiger partial charge in [0.1, 0.15) is 0 Å². The molecule has 20 heavy (non-hydrogen) atoms. The quantitative estimate of drug-likeness (QED) is 0.825. The van der Waals surface area contributed by atoms with Crippen molar-refractivity contribution in [3.63, 3.8) is 0 Å². The number of carbonyl (C=O) groups excluding carboxylic acids is 1. The fourth-order valence-corrected chi connectivity index (χ4v) is 4.99. The molecule has 4 atom stereocenters. The van der Waals surface area contributed by atoms with Gasteiger partial charge in [0, 0.05) is 12.1 Å². The van der Waals surface area contributed by atoms with E-state index in [0.29, 0.717) is 6.04 Å². The van der Waals surface area contributed by atoms with Crippen LogP contribution in [0.4, 0.5) is 0 Å². The van der Waals surface area contributed by atoms with Gasteiger partial charge in [0.25, 0.3) is 0 Å². The molecular formula is C16H29N3O. The van der Waals surface area contributed by atoms with Gasteiger partial charge in [0.05, 0.1) is 5.54 Å². The summed E-state index contributed by atoms with van der Waals surface area (Å²) in [6, 6.07) is 1.34. The predicted octanol–water partition coefficient (Wildman–Crippen LogP) is 1.64. The Balaban J connectivity index is 1.71. The highest BCUT2D eigenvalue weighted by molar-refractivity contribution is 5.85. The zero-order chi connectivity index (χ0) is 14.2. The van der Waals surface area contributed by atoms with E-state index < -0.39 is 5.54 Å². The number of amides is 1. The molecule has 3 aliphatic rings. The van der Waals surface area contributed by atoms with Gasteiger partial charge < -0.3 is 11.1 Å². The number of hydrogen-bond acceptors (Lipinski definition) is 3. The normalized spacial score (nSPS) is 42.4. The first kappa shape index (κ1) is 14.3. The van der Waals surface area contributed by atoms with Crippen LogP contribution in [0, 0.1) is 5.92 Å². The van der Waals surface area contributed by atoms with Gasteiger partial charge in [-0.1, -0.05) is 12.8 Å². The molecular weight excluding hydrogens is 250 g/mol. The number of piperidine rings is 1. The first-order valence-corrected chi connectivity index (χ1v) is 8.41. The molecule has 0 aromatic carbocycles. The molecule has 4 unspecified atom stereocenters. The number of fused-ring (bicyclic) bond motifs is 1. The van der Waals surface area contributed by atoms with E-state index in [1.165, 1.54) is 45.1 Å². The molecule has 3 N–H and O–H groups in total. The number of nitrogens with one attached hydrogen (secondary N) is 1. The van der Waals surface area contributed by atoms with E-state index in [4.69, 9.17) is 5.73 Å². The van der Waals surface area contributed by atoms with Crippen LogP contribution >= 0.6 is 0 Å². The second kappa shape index (κ2) is 5.64. The molecule has 0 aromatic rings. The summed E-state index contributed by atoms with van der Waals surface area (Å²) in [5.41, 5.74) is 5.19. The lowest BCUT2D eigenvalue weighted by molar-refractivity contribution is -0.124. The van der Waals surface area contributed by atoms with E-state index in [2.05, 4.69) is 10.2 Å². The Labute approximate surface area is 122 Å². The monoisotopic (exact) mass is 279 g/mol. The number of likely N-dealkylation sites (tertiary alicyclic amines) is 1. The van der Waals surface area contributed by atoms with Crippen LogP contribution in [0.2, 0.25) is 0 Å². The molecule has 2 saturated carbocycles. The molecule has 0 radical (unpaired) electrons. The van der Waals surface area contributed by atoms with E-state index >= 15 is 0 Å². The second-order valence-electron chi connectivity index (χ2n) is 7.08. The zero-order valence-corrected chi connectivity index (χ0v) is 12.7. The maximum absolute atomic E-state index is 11.8. The molecule has 4 nitrogen and oxygen atoms in total. The molecule has 3 fully saturated rings. The molecule has 0 aromatic heterocycles. The van der Waals surface area contributed by atoms with Gasteiger partial charge in [-0.25, -0.2) is 0 Å². The Morgan fingerprint density at radius 2 is 1.95 bits per heavy atom. The zero-order valence-electron chi connectivity index (χ0n) is 12.7. The van der Waals surface area contributed by atoms with Gasteiger partial charge >= 0.3 is 0 Å². The van der Waals surface area contributed by atoms with Crippen LogP contribution < -0.4 is 11.1 Å². The van der Waals surface area contributed by atoms with Gasteiger partial charge in [-0.2, -0.15) is 0 Å². The summed E-state index contributed by atoms with van der Waals surface area (Å²) in [6.07, 6.45) is 11.3. The van der Waals surface area contributed by atoms with Crippen LogP contribution in [0.3, 0.4) is 0 Å². The third-order valence-electron chi connectivity index (χ3n) is 6.19. The Morgan fingerprint density at radius 3 is 2.65 bits per heavy atom. The molecule has 0 spiro atoms. The minimum absolute atomic E-state index is 0.167. The molecule has 1 amide bonds. The molecule has 1 heterocycles. The van der Waals surface area contributed by atoms with Crippen molar-refractivity contribution in [3.8, 4) is 0 Å². The Morgan fingerprint density at radius 1 is 1.20 bits per heavy atom. The van der Waals surface area contributed by atoms with Crippen molar-refractivity contribution < 1.29 is 4.79 Å². The summed E-state index contributed by atoms with van der Waals surface area (Å²) in [5, 5.41) is 3.22. The fraction of sp³-hybridized carbons (Fsp3) is 0.938. The lowest BCUT2D eigenvalue weighted by Crippen LogP contribution is -2.55. The SMILES string of the molecule is CNC1(C(N)=O)CCC(N2CCCC3CCCCC32)C1. The Kier molecular flexibility index (Phi) is 4.04. The molecule has 3 rings (SSSR count). The van der Waals surface area contributed by atoms with E-state index in [-0.39, 0.29) is 5.91 Å². The summed E-state index contributed by atoms with van der Waals surface area (Å²) < 4.78 is 0. The molecule has 0 bridgehead atoms. The average molecular weight is 279 g/mol. The van der Waals surface area contributed by atoms with E-state index in [9.17, 15) is 4.79 Å². The van der Waals surface area contributed by atoms with Crippen LogP contribution in [0.1, 0.15) is 57.8 Å². The van der Waals surface area contributed by atoms with Crippen molar-refractivity contribution in [1.82, 2.24) is 10.2 Å². The summed E-state index contributed by atoms with van der Waals surface area (Å²) in [5.74, 6) is 0.746. The Bertz CT molecular complexity index is 371. The van der Waals surface area contributed by atoms with Crippen LogP contribution in [-0.2, 0) is 4.79 Å². The van der Waals surface area contributed by atoms with Crippen LogP contribution in [0.15, 0.2) is 0 Å². The van der Waals surface area contributed by atoms with Crippen LogP contribution in [0.5, 0.6) is 0 Å². The van der Waals surface area contributed by atoms with Crippen molar-refractivity contribution in [1.29, 1.82) is 0 Å². The first-order chi connectivity index (χ1) is 9.66. The number of nitrogens with zero attached hydrogens (tertiary/aromatic N) is 1. The van der Waals surface area contributed by atoms with Crippen molar-refractivity contribution in [3.05, 3.63) is 0 Å². The first-order valence-electron chi connectivity index (χ1n) is 8.41. The summed E-state index contributed by atoms with van der Waals surface area (Å²) in [4.78, 5) is 14.6. The lowest BCUT2D eigenvalue weighted by Gasteiger charge is -2.47. The van der Waals surface area contributed by atoms with Crippen LogP contribution in [-0.4, -0.2) is 42.0 Å². The number of carbonyl (C=O) groups is 1. The minimum Gasteiger partial charge on any atom is -0.368 e. The smallest absolute Gasteiger partial charge is 0.237 e. The lowest BCUT2D eigenvalue weighted by atomic mass is 9.77. The highest BCUT2D eigenvalue weighted by atomic mass is 16.1. The summed E-state index contributed by atoms with van der Waals surface area (Å²) >= 11 is 0. The highest BCUT2D eigenvalue weighted by Gasteiger charge is 2.47. The fourth-order valence-electron chi connectivity index (χ4n) is 4.99. The average Bonchev–Trinajstić information content (AvgIpc) is 2.92. The van der Waals surface area contributed by atoms with E-state index in [1.807, 2.05) is 7.05 Å². The highest BCUT2D eigenvalue weighted by Crippen LogP contribution is 2.41. The predicted molar refractivity (Wildman–Crippen MR) is 80.3 cm³/mol. The Hall–Kier alpha value is -0.610. The van der Waals surface area contributed by atoms with Crippen molar-refractivity contribution in [2.24, 2.45) is 11.7 Å². The number of hydrogen-bond donors (Lipinski definition) is 2. The number of rotatable bonds is 3. The van der Waals surface area contributed by atoms with Gasteiger partial charge in [-0.3, -0.25) is 9.69 Å². The largest absolute Gasteiger partial charge is 0.368 e. The molecule has 4 heteroatoms. The van der Waals surface area contributed by atoms with Gasteiger partial charge in [-0.05, 0) is 64.5 Å². The molecule has 1 aliphatic heterocycles. The summed E-state index contributed by atoms with van der Waals surface area (Å²) in [7, 11) is 1.88. The van der Waals surface area contributed by atoms with Crippen LogP contribution in [0.25, 0.3) is 0 Å². The second-order valence-corrected chi connectivity index (χ2v) is 7.08. The number of nitrogens with two attached hydrogens (primary N) is 1. The number of primary amides is 1. The molecule has 114 valence electrons. The molecule has 1 saturated heterocycles. The standard InChI is InChI=1S/C16H29N3O/c1-18-16(15(17)20)9-8-13(11-16)19-10-4-6-12-5-2-3-7-14(12)19/h12-14,18H,2-11H2,1H3,(H2,17,20). The van der Waals surface area contributed by atoms with Crippen molar-refractivity contribution in [2.75, 3.05) is 13.6 Å². The molecule has 2 aliphatic carbocycles. The van der Waals surface area contributed by atoms with Gasteiger partial charge in [0.2, 0.25) is 5.91 Å². The van der Waals surface area contributed by atoms with E-state index in [0.717, 1.165) is 31.2 Å². The summed E-state index contributed by atoms with van der Waals surface area (Å²) in [6.45, 7) is 1.23. The van der Waals surface area contributed by atoms with Gasteiger partial charge in [-0.15, -0.1) is 0 Å². The van der Waals surface area contributed by atoms with Crippen molar-refractivity contribution >= 4 is 5.91 Å².